The van der Waals surface area contributed by atoms with Gasteiger partial charge in [-0.15, -0.1) is 0 Å². The third-order valence-corrected chi connectivity index (χ3v) is 3.93. The van der Waals surface area contributed by atoms with Crippen LogP contribution in [0.25, 0.3) is 0 Å². The van der Waals surface area contributed by atoms with Crippen molar-refractivity contribution in [2.45, 2.75) is 18.5 Å². The smallest absolute Gasteiger partial charge is 0.421 e. The van der Waals surface area contributed by atoms with Crippen LogP contribution in [0, 0.1) is 0 Å². The summed E-state index contributed by atoms with van der Waals surface area (Å²) in [5.41, 5.74) is -2.14. The first-order valence-corrected chi connectivity index (χ1v) is 7.71. The van der Waals surface area contributed by atoms with E-state index in [0.717, 1.165) is 36.5 Å². The maximum absolute atomic E-state index is 12.9. The fraction of sp³-hybridized carbons (Fsp3) is 0.294. The van der Waals surface area contributed by atoms with Crippen LogP contribution in [0.4, 0.5) is 26.3 Å². The van der Waals surface area contributed by atoms with Gasteiger partial charge in [0.25, 0.3) is 5.91 Å². The summed E-state index contributed by atoms with van der Waals surface area (Å²) in [7, 11) is 0. The number of hydrogen-bond donors (Lipinski definition) is 0. The van der Waals surface area contributed by atoms with Crippen LogP contribution in [0.1, 0.15) is 21.5 Å². The Morgan fingerprint density at radius 2 is 1.74 bits per heavy atom. The summed E-state index contributed by atoms with van der Waals surface area (Å²) in [5.74, 6) is -1.25. The molecule has 0 spiro atoms. The summed E-state index contributed by atoms with van der Waals surface area (Å²) in [6, 6.07) is 5.89. The number of ether oxygens (including phenoxy) is 1. The number of halogens is 6. The Bertz CT molecular complexity index is 844. The Kier molecular flexibility index (Phi) is 4.75. The molecule has 27 heavy (non-hydrogen) atoms. The van der Waals surface area contributed by atoms with Crippen LogP contribution in [-0.4, -0.2) is 35.0 Å². The fourth-order valence-electron chi connectivity index (χ4n) is 2.55. The molecule has 2 heterocycles. The molecule has 1 aliphatic heterocycles. The first-order chi connectivity index (χ1) is 12.6. The van der Waals surface area contributed by atoms with Crippen molar-refractivity contribution in [3.8, 4) is 5.88 Å². The Hall–Kier alpha value is -2.78. The van der Waals surface area contributed by atoms with E-state index in [1.54, 1.807) is 0 Å². The number of pyridine rings is 1. The molecule has 0 unspecified atom stereocenters. The van der Waals surface area contributed by atoms with Gasteiger partial charge in [0.05, 0.1) is 18.7 Å². The highest BCUT2D eigenvalue weighted by molar-refractivity contribution is 5.95. The van der Waals surface area contributed by atoms with Crippen molar-refractivity contribution >= 4 is 5.91 Å². The molecule has 1 fully saturated rings. The number of rotatable bonds is 3. The molecule has 3 rings (SSSR count). The van der Waals surface area contributed by atoms with Gasteiger partial charge >= 0.3 is 12.4 Å². The van der Waals surface area contributed by atoms with Gasteiger partial charge in [-0.1, -0.05) is 6.07 Å². The highest BCUT2D eigenvalue weighted by atomic mass is 19.4. The number of alkyl halides is 6. The Labute approximate surface area is 149 Å². The van der Waals surface area contributed by atoms with Crippen LogP contribution in [0.5, 0.6) is 5.88 Å². The topological polar surface area (TPSA) is 42.4 Å². The minimum atomic E-state index is -4.64. The summed E-state index contributed by atoms with van der Waals surface area (Å²) >= 11 is 0. The third kappa shape index (κ3) is 4.15. The molecule has 1 amide bonds. The quantitative estimate of drug-likeness (QED) is 0.744. The lowest BCUT2D eigenvalue weighted by Gasteiger charge is -2.39. The molecule has 0 bridgehead atoms. The van der Waals surface area contributed by atoms with Crippen LogP contribution in [0.15, 0.2) is 42.6 Å². The van der Waals surface area contributed by atoms with Gasteiger partial charge in [-0.2, -0.15) is 26.3 Å². The lowest BCUT2D eigenvalue weighted by Crippen LogP contribution is -2.56. The fourth-order valence-corrected chi connectivity index (χ4v) is 2.55. The molecule has 144 valence electrons. The number of benzene rings is 1. The van der Waals surface area contributed by atoms with Gasteiger partial charge in [-0.3, -0.25) is 4.79 Å². The predicted molar refractivity (Wildman–Crippen MR) is 81.0 cm³/mol. The number of aromatic nitrogens is 1. The number of carbonyl (C=O) groups excluding carboxylic acids is 1. The molecule has 1 aromatic carbocycles. The van der Waals surface area contributed by atoms with Crippen LogP contribution in [-0.2, 0) is 12.4 Å². The number of hydrogen-bond acceptors (Lipinski definition) is 3. The van der Waals surface area contributed by atoms with E-state index in [4.69, 9.17) is 4.74 Å². The molecular weight excluding hydrogens is 378 g/mol. The minimum Gasteiger partial charge on any atom is -0.470 e. The standard InChI is InChI=1S/C17H12F6N2O2/c18-16(19,20)11-4-1-3-10(7-11)15(26)25-8-12(9-25)27-14-13(17(21,22)23)5-2-6-24-14/h1-7,12H,8-9H2. The highest BCUT2D eigenvalue weighted by Crippen LogP contribution is 2.35. The maximum Gasteiger partial charge on any atom is 0.421 e. The molecule has 0 N–H and O–H groups in total. The molecule has 0 saturated carbocycles. The zero-order chi connectivity index (χ0) is 19.8. The van der Waals surface area contributed by atoms with E-state index in [2.05, 4.69) is 4.98 Å². The maximum atomic E-state index is 12.9. The van der Waals surface area contributed by atoms with Crippen LogP contribution >= 0.6 is 0 Å². The average molecular weight is 390 g/mol. The van der Waals surface area contributed by atoms with Crippen LogP contribution < -0.4 is 4.74 Å². The average Bonchev–Trinajstić information content (AvgIpc) is 2.56. The van der Waals surface area contributed by atoms with E-state index in [0.29, 0.717) is 0 Å². The van der Waals surface area contributed by atoms with Crippen molar-refractivity contribution in [1.29, 1.82) is 0 Å². The Balaban J connectivity index is 1.65. The van der Waals surface area contributed by atoms with Crippen molar-refractivity contribution in [3.05, 3.63) is 59.3 Å². The van der Waals surface area contributed by atoms with E-state index in [9.17, 15) is 31.1 Å². The second-order valence-corrected chi connectivity index (χ2v) is 5.88. The van der Waals surface area contributed by atoms with Gasteiger partial charge in [-0.25, -0.2) is 4.98 Å². The van der Waals surface area contributed by atoms with Crippen molar-refractivity contribution in [2.75, 3.05) is 13.1 Å². The summed E-state index contributed by atoms with van der Waals surface area (Å²) in [6.45, 7) is -0.105. The monoisotopic (exact) mass is 390 g/mol. The largest absolute Gasteiger partial charge is 0.470 e. The molecule has 1 aromatic heterocycles. The summed E-state index contributed by atoms with van der Waals surface area (Å²) < 4.78 is 82.1. The SMILES string of the molecule is O=C(c1cccc(C(F)(F)F)c1)N1CC(Oc2ncccc2C(F)(F)F)C1. The van der Waals surface area contributed by atoms with Gasteiger partial charge in [0.2, 0.25) is 5.88 Å². The van der Waals surface area contributed by atoms with Crippen LogP contribution in [0.2, 0.25) is 0 Å². The Morgan fingerprint density at radius 1 is 1.04 bits per heavy atom. The van der Waals surface area contributed by atoms with Gasteiger partial charge in [0, 0.05) is 11.8 Å². The van der Waals surface area contributed by atoms with E-state index in [1.807, 2.05) is 0 Å². The predicted octanol–water partition coefficient (Wildman–Crippen LogP) is 4.02. The summed E-state index contributed by atoms with van der Waals surface area (Å²) in [4.78, 5) is 17.0. The zero-order valence-corrected chi connectivity index (χ0v) is 13.5. The molecule has 1 aliphatic rings. The van der Waals surface area contributed by atoms with Gasteiger partial charge in [-0.05, 0) is 30.3 Å². The van der Waals surface area contributed by atoms with E-state index < -0.39 is 41.4 Å². The number of likely N-dealkylation sites (tertiary alicyclic amines) is 1. The van der Waals surface area contributed by atoms with Crippen LogP contribution in [0.3, 0.4) is 0 Å². The number of carbonyl (C=O) groups is 1. The summed E-state index contributed by atoms with van der Waals surface area (Å²) in [5, 5.41) is 0. The first kappa shape index (κ1) is 19.0. The number of amides is 1. The van der Waals surface area contributed by atoms with Gasteiger partial charge < -0.3 is 9.64 Å². The second-order valence-electron chi connectivity index (χ2n) is 5.88. The first-order valence-electron chi connectivity index (χ1n) is 7.71. The molecular formula is C17H12F6N2O2. The molecule has 0 radical (unpaired) electrons. The third-order valence-electron chi connectivity index (χ3n) is 3.93. The zero-order valence-electron chi connectivity index (χ0n) is 13.5. The van der Waals surface area contributed by atoms with Gasteiger partial charge in [0.1, 0.15) is 11.7 Å². The van der Waals surface area contributed by atoms with Crippen molar-refractivity contribution in [3.63, 3.8) is 0 Å². The van der Waals surface area contributed by atoms with Crippen molar-refractivity contribution in [2.24, 2.45) is 0 Å². The molecule has 1 saturated heterocycles. The highest BCUT2D eigenvalue weighted by Gasteiger charge is 2.39. The molecule has 0 atom stereocenters. The van der Waals surface area contributed by atoms with E-state index in [-0.39, 0.29) is 18.7 Å². The van der Waals surface area contributed by atoms with Crippen molar-refractivity contribution in [1.82, 2.24) is 9.88 Å². The van der Waals surface area contributed by atoms with E-state index >= 15 is 0 Å². The van der Waals surface area contributed by atoms with Crippen molar-refractivity contribution < 1.29 is 35.9 Å². The number of nitrogens with zero attached hydrogens (tertiary/aromatic N) is 2. The van der Waals surface area contributed by atoms with Gasteiger partial charge in [0.15, 0.2) is 0 Å². The second kappa shape index (κ2) is 6.75. The minimum absolute atomic E-state index is 0.0526. The lowest BCUT2D eigenvalue weighted by atomic mass is 10.1. The molecule has 2 aromatic rings. The molecule has 0 aliphatic carbocycles. The van der Waals surface area contributed by atoms with E-state index in [1.165, 1.54) is 11.0 Å². The molecule has 10 heteroatoms. The summed E-state index contributed by atoms with van der Waals surface area (Å²) in [6.07, 6.45) is -8.80. The normalized spacial score (nSPS) is 15.4. The molecule has 4 nitrogen and oxygen atoms in total. The lowest BCUT2D eigenvalue weighted by molar-refractivity contribution is -0.140. The Morgan fingerprint density at radius 3 is 2.37 bits per heavy atom.